The van der Waals surface area contributed by atoms with Gasteiger partial charge in [-0.1, -0.05) is 103 Å². The highest BCUT2D eigenvalue weighted by atomic mass is 31.2. The van der Waals surface area contributed by atoms with Crippen LogP contribution < -0.4 is 26.7 Å². The molecular formula is C52H64N10O12P2Si. The average Bonchev–Trinajstić information content (AvgIpc) is 4.33. The van der Waals surface area contributed by atoms with Crippen LogP contribution in [0.4, 0.5) is 11.6 Å². The SMILES string of the molecule is CC[C@H]1O[C@@H](n2cnc3c(NC(=O)c4ccccc4)ncnc32)[C@@H](OC)C1OP(=O)(OC[C@H]1O[C@@H](n2ccc(NC(C)=O)nc2=O)[C@@H](OC)C1O[P@@]1O[C@H](C[Si](C)(c2ccccc2)c2ccccc2)[C@@H]2CCCN21)N(C)C. The Balaban J connectivity index is 0.917. The molecule has 6 aromatic rings. The lowest BCUT2D eigenvalue weighted by Crippen LogP contribution is -2.58. The Morgan fingerprint density at radius 2 is 1.48 bits per heavy atom. The monoisotopic (exact) mass is 1110 g/mol. The summed E-state index contributed by atoms with van der Waals surface area (Å²) < 4.78 is 74.9. The average molecular weight is 1110 g/mol. The molecule has 3 aromatic carbocycles. The lowest BCUT2D eigenvalue weighted by Gasteiger charge is -2.32. The van der Waals surface area contributed by atoms with Gasteiger partial charge < -0.3 is 38.6 Å². The number of hydrogen-bond acceptors (Lipinski definition) is 17. The molecular weight excluding hydrogens is 1050 g/mol. The predicted molar refractivity (Wildman–Crippen MR) is 289 cm³/mol. The third-order valence-electron chi connectivity index (χ3n) is 14.8. The second-order valence-corrected chi connectivity index (χ2v) is 27.6. The van der Waals surface area contributed by atoms with Gasteiger partial charge in [0.05, 0.1) is 25.1 Å². The molecule has 25 heteroatoms. The Morgan fingerprint density at radius 3 is 2.12 bits per heavy atom. The van der Waals surface area contributed by atoms with Gasteiger partial charge >= 0.3 is 13.4 Å². The predicted octanol–water partition coefficient (Wildman–Crippen LogP) is 5.97. The third kappa shape index (κ3) is 11.1. The van der Waals surface area contributed by atoms with Gasteiger partial charge in [-0.2, -0.15) is 4.98 Å². The van der Waals surface area contributed by atoms with Crippen LogP contribution in [0.3, 0.4) is 0 Å². The van der Waals surface area contributed by atoms with Crippen LogP contribution in [0.2, 0.25) is 12.6 Å². The fourth-order valence-electron chi connectivity index (χ4n) is 10.8. The smallest absolute Gasteiger partial charge is 0.374 e. The fraction of sp³-hybridized carbons (Fsp3) is 0.442. The Morgan fingerprint density at radius 1 is 0.831 bits per heavy atom. The van der Waals surface area contributed by atoms with E-state index in [-0.39, 0.29) is 42.2 Å². The molecule has 0 radical (unpaired) electrons. The number of methoxy groups -OCH3 is 2. The number of carbonyl (C=O) groups excluding carboxylic acids is 2. The number of nitrogens with one attached hydrogen (secondary N) is 2. The Hall–Kier alpha value is -5.49. The van der Waals surface area contributed by atoms with E-state index < -0.39 is 79.1 Å². The van der Waals surface area contributed by atoms with Gasteiger partial charge in [0.2, 0.25) is 5.91 Å². The number of imidazole rings is 1. The van der Waals surface area contributed by atoms with Crippen LogP contribution in [0, 0.1) is 0 Å². The summed E-state index contributed by atoms with van der Waals surface area (Å²) in [7, 11) is -2.19. The van der Waals surface area contributed by atoms with E-state index >= 15 is 4.57 Å². The number of hydrogen-bond donors (Lipinski definition) is 2. The summed E-state index contributed by atoms with van der Waals surface area (Å²) in [6.07, 6.45) is -0.857. The van der Waals surface area contributed by atoms with Crippen molar-refractivity contribution in [3.8, 4) is 0 Å². The van der Waals surface area contributed by atoms with Crippen molar-refractivity contribution in [3.05, 3.63) is 132 Å². The first-order chi connectivity index (χ1) is 37.2. The molecule has 4 fully saturated rings. The minimum absolute atomic E-state index is 0.0717. The van der Waals surface area contributed by atoms with E-state index in [0.29, 0.717) is 23.1 Å². The van der Waals surface area contributed by atoms with Crippen molar-refractivity contribution in [2.45, 2.75) is 107 Å². The fourth-order valence-corrected chi connectivity index (χ4v) is 18.1. The van der Waals surface area contributed by atoms with Crippen LogP contribution in [0.25, 0.3) is 11.2 Å². The molecule has 0 bridgehead atoms. The Kier molecular flexibility index (Phi) is 16.7. The highest BCUT2D eigenvalue weighted by molar-refractivity contribution is 7.51. The van der Waals surface area contributed by atoms with E-state index in [0.717, 1.165) is 25.4 Å². The topological polar surface area (TPSA) is 234 Å². The molecule has 12 atom stereocenters. The molecule has 3 aromatic heterocycles. The first-order valence-corrected chi connectivity index (χ1v) is 31.0. The molecule has 77 heavy (non-hydrogen) atoms. The van der Waals surface area contributed by atoms with Gasteiger partial charge in [0.15, 0.2) is 29.4 Å². The maximum absolute atomic E-state index is 15.3. The molecule has 2 amide bonds. The number of aromatic nitrogens is 6. The van der Waals surface area contributed by atoms with Crippen LogP contribution in [-0.2, 0) is 46.4 Å². The van der Waals surface area contributed by atoms with Gasteiger partial charge in [-0.05, 0) is 57.6 Å². The Labute approximate surface area is 448 Å². The van der Waals surface area contributed by atoms with Gasteiger partial charge in [-0.3, -0.25) is 27.8 Å². The van der Waals surface area contributed by atoms with E-state index in [9.17, 15) is 14.4 Å². The summed E-state index contributed by atoms with van der Waals surface area (Å²) in [4.78, 5) is 56.3. The highest BCUT2D eigenvalue weighted by Gasteiger charge is 2.56. The van der Waals surface area contributed by atoms with Gasteiger partial charge in [0, 0.05) is 45.5 Å². The van der Waals surface area contributed by atoms with E-state index in [2.05, 4.69) is 90.3 Å². The summed E-state index contributed by atoms with van der Waals surface area (Å²) in [5.74, 6) is -0.483. The molecule has 2 N–H and O–H groups in total. The van der Waals surface area contributed by atoms with Gasteiger partial charge in [-0.25, -0.2) is 33.7 Å². The number of anilines is 2. The van der Waals surface area contributed by atoms with Gasteiger partial charge in [0.25, 0.3) is 14.4 Å². The first-order valence-electron chi connectivity index (χ1n) is 25.6. The number of rotatable bonds is 20. The molecule has 0 saturated carbocycles. The molecule has 3 unspecified atom stereocenters. The molecule has 4 saturated heterocycles. The second-order valence-electron chi connectivity index (χ2n) is 19.8. The zero-order chi connectivity index (χ0) is 54.0. The highest BCUT2D eigenvalue weighted by Crippen LogP contribution is 2.60. The molecule has 7 heterocycles. The van der Waals surface area contributed by atoms with E-state index in [1.165, 1.54) is 65.7 Å². The van der Waals surface area contributed by atoms with E-state index in [1.54, 1.807) is 42.9 Å². The van der Waals surface area contributed by atoms with E-state index in [1.807, 2.05) is 25.1 Å². The van der Waals surface area contributed by atoms with E-state index in [4.69, 9.17) is 37.0 Å². The Bertz CT molecular complexity index is 3090. The molecule has 0 spiro atoms. The summed E-state index contributed by atoms with van der Waals surface area (Å²) in [5, 5.41) is 8.00. The van der Waals surface area contributed by atoms with Crippen molar-refractivity contribution in [2.75, 3.05) is 52.1 Å². The van der Waals surface area contributed by atoms with Gasteiger partial charge in [0.1, 0.15) is 50.7 Å². The lowest BCUT2D eigenvalue weighted by molar-refractivity contribution is -0.114. The van der Waals surface area contributed by atoms with Crippen LogP contribution in [0.5, 0.6) is 0 Å². The zero-order valence-corrected chi connectivity index (χ0v) is 46.6. The number of benzene rings is 3. The maximum atomic E-state index is 15.3. The number of carbonyl (C=O) groups is 2. The van der Waals surface area contributed by atoms with Crippen molar-refractivity contribution in [1.82, 2.24) is 38.4 Å². The largest absolute Gasteiger partial charge is 0.408 e. The third-order valence-corrected chi connectivity index (χ3v) is 22.9. The lowest BCUT2D eigenvalue weighted by atomic mass is 10.1. The minimum atomic E-state index is -4.27. The quantitative estimate of drug-likeness (QED) is 0.0662. The molecule has 0 aliphatic carbocycles. The number of ether oxygens (including phenoxy) is 4. The summed E-state index contributed by atoms with van der Waals surface area (Å²) in [5.41, 5.74) is 0.403. The van der Waals surface area contributed by atoms with Crippen molar-refractivity contribution >= 4 is 69.3 Å². The maximum Gasteiger partial charge on any atom is 0.408 e. The summed E-state index contributed by atoms with van der Waals surface area (Å²) in [6.45, 7) is 6.04. The number of nitrogens with zero attached hydrogens (tertiary/aromatic N) is 8. The number of amides is 2. The molecule has 10 rings (SSSR count). The molecule has 4 aliphatic rings. The minimum Gasteiger partial charge on any atom is -0.374 e. The van der Waals surface area contributed by atoms with Crippen LogP contribution >= 0.6 is 16.3 Å². The van der Waals surface area contributed by atoms with Crippen molar-refractivity contribution < 1.29 is 51.2 Å². The van der Waals surface area contributed by atoms with Crippen LogP contribution in [0.1, 0.15) is 55.9 Å². The van der Waals surface area contributed by atoms with Crippen molar-refractivity contribution in [2.24, 2.45) is 0 Å². The van der Waals surface area contributed by atoms with Crippen molar-refractivity contribution in [1.29, 1.82) is 0 Å². The standard InChI is InChI=1S/C52H64N10O12P2Si/c1-8-38-44(46(68-6)51(70-38)61-32-55-42-47(53-31-54-48(42)61)58-49(64)34-19-12-9-13-20-34)74-76(66,59(3)4)69-29-39-43(45(67-5)50(71-39)60-28-26-41(56-33(2)63)57-52(60)65)73-75-62-27-18-25-37(62)40(72-75)30-77(7,35-21-14-10-15-22-35)36-23-16-11-17-24-36/h9-17,19-24,26,28,31-32,37-40,43-46,50-51H,8,18,25,27,29-30H2,1-7H3,(H,53,54,58,64)(H,56,57,63,65)/t37-,38+,39+,40+,43?,44?,45-,46-,50+,51+,75+,76?/m0/s1. The van der Waals surface area contributed by atoms with Crippen LogP contribution in [0.15, 0.2) is 121 Å². The second kappa shape index (κ2) is 23.5. The molecule has 408 valence electrons. The number of fused-ring (bicyclic) bond motifs is 2. The van der Waals surface area contributed by atoms with Gasteiger partial charge in [-0.15, -0.1) is 0 Å². The molecule has 22 nitrogen and oxygen atoms in total. The summed E-state index contributed by atoms with van der Waals surface area (Å²) in [6, 6.07) is 32.5. The first kappa shape index (κ1) is 54.8. The van der Waals surface area contributed by atoms with Crippen molar-refractivity contribution in [3.63, 3.8) is 0 Å². The normalized spacial score (nSPS) is 27.2. The zero-order valence-electron chi connectivity index (χ0n) is 43.9. The summed E-state index contributed by atoms with van der Waals surface area (Å²) >= 11 is 0. The van der Waals surface area contributed by atoms with Crippen LogP contribution in [-0.4, -0.2) is 149 Å². The molecule has 4 aliphatic heterocycles.